The highest BCUT2D eigenvalue weighted by atomic mass is 16.5. The molecule has 1 aliphatic carbocycles. The standard InChI is InChI=1S/C14H19N5O/c1-9-14(10(2)19(3)18-9)20-13-7-6-12(16-17-13)8-15-11-4-5-11/h6-7,11,15H,4-5,8H2,1-3H3. The van der Waals surface area contributed by atoms with E-state index in [2.05, 4.69) is 20.6 Å². The summed E-state index contributed by atoms with van der Waals surface area (Å²) in [5.41, 5.74) is 2.76. The lowest BCUT2D eigenvalue weighted by Gasteiger charge is -2.05. The fraction of sp³-hybridized carbons (Fsp3) is 0.500. The molecule has 1 fully saturated rings. The van der Waals surface area contributed by atoms with Gasteiger partial charge in [-0.15, -0.1) is 5.10 Å². The smallest absolute Gasteiger partial charge is 0.239 e. The van der Waals surface area contributed by atoms with Gasteiger partial charge < -0.3 is 10.1 Å². The van der Waals surface area contributed by atoms with Crippen LogP contribution in [0.1, 0.15) is 29.9 Å². The summed E-state index contributed by atoms with van der Waals surface area (Å²) in [6, 6.07) is 4.47. The summed E-state index contributed by atoms with van der Waals surface area (Å²) in [4.78, 5) is 0. The van der Waals surface area contributed by atoms with E-state index in [0.29, 0.717) is 11.9 Å². The molecule has 0 aromatic carbocycles. The van der Waals surface area contributed by atoms with Gasteiger partial charge in [0.2, 0.25) is 5.88 Å². The molecule has 1 aliphatic rings. The normalized spacial score (nSPS) is 14.6. The molecule has 2 aromatic rings. The molecule has 0 bridgehead atoms. The molecule has 1 saturated carbocycles. The predicted molar refractivity (Wildman–Crippen MR) is 74.6 cm³/mol. The van der Waals surface area contributed by atoms with Crippen LogP contribution in [0.15, 0.2) is 12.1 Å². The maximum atomic E-state index is 5.78. The van der Waals surface area contributed by atoms with Gasteiger partial charge in [0.05, 0.1) is 11.4 Å². The highest BCUT2D eigenvalue weighted by Gasteiger charge is 2.20. The van der Waals surface area contributed by atoms with Gasteiger partial charge in [0, 0.05) is 25.7 Å². The van der Waals surface area contributed by atoms with E-state index in [-0.39, 0.29) is 0 Å². The SMILES string of the molecule is Cc1nn(C)c(C)c1Oc1ccc(CNC2CC2)nn1. The van der Waals surface area contributed by atoms with Crippen molar-refractivity contribution < 1.29 is 4.74 Å². The van der Waals surface area contributed by atoms with E-state index in [1.165, 1.54) is 12.8 Å². The Morgan fingerprint density at radius 3 is 2.65 bits per heavy atom. The Morgan fingerprint density at radius 2 is 2.10 bits per heavy atom. The first kappa shape index (κ1) is 13.1. The molecule has 0 amide bonds. The minimum atomic E-state index is 0.499. The first-order valence-electron chi connectivity index (χ1n) is 6.87. The van der Waals surface area contributed by atoms with Crippen LogP contribution >= 0.6 is 0 Å². The van der Waals surface area contributed by atoms with Gasteiger partial charge in [-0.2, -0.15) is 10.2 Å². The van der Waals surface area contributed by atoms with E-state index in [9.17, 15) is 0 Å². The lowest BCUT2D eigenvalue weighted by molar-refractivity contribution is 0.446. The van der Waals surface area contributed by atoms with Crippen LogP contribution in [0.25, 0.3) is 0 Å². The first-order valence-corrected chi connectivity index (χ1v) is 6.87. The van der Waals surface area contributed by atoms with Crippen molar-refractivity contribution in [2.75, 3.05) is 0 Å². The molecule has 6 heteroatoms. The summed E-state index contributed by atoms with van der Waals surface area (Å²) in [6.45, 7) is 4.66. The van der Waals surface area contributed by atoms with Crippen LogP contribution in [0.5, 0.6) is 11.6 Å². The molecule has 106 valence electrons. The predicted octanol–water partition coefficient (Wildman–Crippen LogP) is 1.87. The Morgan fingerprint density at radius 1 is 1.30 bits per heavy atom. The van der Waals surface area contributed by atoms with Crippen LogP contribution in [0.4, 0.5) is 0 Å². The van der Waals surface area contributed by atoms with Crippen LogP contribution in [0.2, 0.25) is 0 Å². The molecular formula is C14H19N5O. The summed E-state index contributed by atoms with van der Waals surface area (Å²) in [5, 5.41) is 16.0. The van der Waals surface area contributed by atoms with Crippen molar-refractivity contribution in [3.05, 3.63) is 29.2 Å². The number of rotatable bonds is 5. The topological polar surface area (TPSA) is 64.9 Å². The minimum absolute atomic E-state index is 0.499. The molecule has 20 heavy (non-hydrogen) atoms. The van der Waals surface area contributed by atoms with Crippen molar-refractivity contribution in [1.29, 1.82) is 0 Å². The van der Waals surface area contributed by atoms with Gasteiger partial charge >= 0.3 is 0 Å². The van der Waals surface area contributed by atoms with Crippen LogP contribution in [-0.4, -0.2) is 26.0 Å². The monoisotopic (exact) mass is 273 g/mol. The summed E-state index contributed by atoms with van der Waals surface area (Å²) < 4.78 is 7.57. The van der Waals surface area contributed by atoms with E-state index in [1.807, 2.05) is 33.0 Å². The lowest BCUT2D eigenvalue weighted by Crippen LogP contribution is -2.16. The average molecular weight is 273 g/mol. The molecule has 0 radical (unpaired) electrons. The van der Waals surface area contributed by atoms with Gasteiger partial charge in [0.1, 0.15) is 5.69 Å². The molecule has 0 atom stereocenters. The van der Waals surface area contributed by atoms with E-state index in [0.717, 1.165) is 29.4 Å². The van der Waals surface area contributed by atoms with Crippen molar-refractivity contribution in [1.82, 2.24) is 25.3 Å². The van der Waals surface area contributed by atoms with Crippen molar-refractivity contribution in [3.8, 4) is 11.6 Å². The largest absolute Gasteiger partial charge is 0.434 e. The van der Waals surface area contributed by atoms with Gasteiger partial charge in [0.15, 0.2) is 5.75 Å². The minimum Gasteiger partial charge on any atom is -0.434 e. The zero-order valence-corrected chi connectivity index (χ0v) is 12.1. The third-order valence-electron chi connectivity index (χ3n) is 3.49. The Kier molecular flexibility index (Phi) is 3.40. The molecule has 6 nitrogen and oxygen atoms in total. The number of aromatic nitrogens is 4. The summed E-state index contributed by atoms with van der Waals surface area (Å²) >= 11 is 0. The third-order valence-corrected chi connectivity index (χ3v) is 3.49. The van der Waals surface area contributed by atoms with Gasteiger partial charge in [-0.25, -0.2) is 0 Å². The molecule has 0 spiro atoms. The number of aryl methyl sites for hydroxylation is 2. The molecular weight excluding hydrogens is 254 g/mol. The zero-order valence-electron chi connectivity index (χ0n) is 12.1. The molecule has 2 heterocycles. The van der Waals surface area contributed by atoms with E-state index in [1.54, 1.807) is 4.68 Å². The van der Waals surface area contributed by atoms with Gasteiger partial charge in [0.25, 0.3) is 0 Å². The van der Waals surface area contributed by atoms with Crippen LogP contribution in [-0.2, 0) is 13.6 Å². The molecule has 3 rings (SSSR count). The van der Waals surface area contributed by atoms with Gasteiger partial charge in [-0.1, -0.05) is 0 Å². The fourth-order valence-corrected chi connectivity index (χ4v) is 2.04. The zero-order chi connectivity index (χ0) is 14.1. The Labute approximate surface area is 118 Å². The molecule has 2 aromatic heterocycles. The quantitative estimate of drug-likeness (QED) is 0.901. The lowest BCUT2D eigenvalue weighted by atomic mass is 10.3. The number of hydrogen-bond acceptors (Lipinski definition) is 5. The second-order valence-corrected chi connectivity index (χ2v) is 5.24. The maximum Gasteiger partial charge on any atom is 0.239 e. The fourth-order valence-electron chi connectivity index (χ4n) is 2.04. The average Bonchev–Trinajstić information content (AvgIpc) is 3.23. The summed E-state index contributed by atoms with van der Waals surface area (Å²) in [6.07, 6.45) is 2.54. The Balaban J connectivity index is 1.67. The molecule has 1 N–H and O–H groups in total. The van der Waals surface area contributed by atoms with E-state index in [4.69, 9.17) is 4.74 Å². The highest BCUT2D eigenvalue weighted by Crippen LogP contribution is 2.26. The van der Waals surface area contributed by atoms with Crippen molar-refractivity contribution in [3.63, 3.8) is 0 Å². The second-order valence-electron chi connectivity index (χ2n) is 5.24. The van der Waals surface area contributed by atoms with Crippen molar-refractivity contribution >= 4 is 0 Å². The van der Waals surface area contributed by atoms with E-state index < -0.39 is 0 Å². The molecule has 0 unspecified atom stereocenters. The van der Waals surface area contributed by atoms with Gasteiger partial charge in [-0.05, 0) is 32.8 Å². The third kappa shape index (κ3) is 2.80. The first-order chi connectivity index (χ1) is 9.63. The highest BCUT2D eigenvalue weighted by molar-refractivity contribution is 5.35. The number of ether oxygens (including phenoxy) is 1. The van der Waals surface area contributed by atoms with Gasteiger partial charge in [-0.3, -0.25) is 4.68 Å². The van der Waals surface area contributed by atoms with E-state index >= 15 is 0 Å². The number of nitrogens with zero attached hydrogens (tertiary/aromatic N) is 4. The number of hydrogen-bond donors (Lipinski definition) is 1. The van der Waals surface area contributed by atoms with Crippen LogP contribution in [0.3, 0.4) is 0 Å². The second kappa shape index (κ2) is 5.20. The van der Waals surface area contributed by atoms with Crippen LogP contribution < -0.4 is 10.1 Å². The van der Waals surface area contributed by atoms with Crippen molar-refractivity contribution in [2.24, 2.45) is 7.05 Å². The summed E-state index contributed by atoms with van der Waals surface area (Å²) in [5.74, 6) is 1.25. The number of nitrogens with one attached hydrogen (secondary N) is 1. The molecule has 0 aliphatic heterocycles. The Hall–Kier alpha value is -1.95. The van der Waals surface area contributed by atoms with Crippen molar-refractivity contribution in [2.45, 2.75) is 39.3 Å². The van der Waals surface area contributed by atoms with Crippen LogP contribution in [0, 0.1) is 13.8 Å². The summed E-state index contributed by atoms with van der Waals surface area (Å²) in [7, 11) is 1.90. The maximum absolute atomic E-state index is 5.78. The molecule has 0 saturated heterocycles. The Bertz CT molecular complexity index is 601.